The van der Waals surface area contributed by atoms with Gasteiger partial charge in [-0.15, -0.1) is 6.42 Å². The van der Waals surface area contributed by atoms with E-state index in [1.54, 1.807) is 12.1 Å². The molecule has 1 aliphatic rings. The molecule has 0 aliphatic carbocycles. The molecule has 3 rings (SSSR count). The standard InChI is InChI=1S/C17H13NO3/c1-2-12-4-3-5-14(8-12)18-17(19)10-13-6-7-15-16(9-13)21-11-20-15/h1,3-9H,10-11H2,(H,18,19). The van der Waals surface area contributed by atoms with Crippen LogP contribution in [0.3, 0.4) is 0 Å². The van der Waals surface area contributed by atoms with Crippen LogP contribution in [0.15, 0.2) is 42.5 Å². The summed E-state index contributed by atoms with van der Waals surface area (Å²) in [5, 5.41) is 2.83. The number of carbonyl (C=O) groups is 1. The average molecular weight is 279 g/mol. The van der Waals surface area contributed by atoms with Gasteiger partial charge in [-0.3, -0.25) is 4.79 Å². The first-order valence-corrected chi connectivity index (χ1v) is 6.49. The second-order valence-electron chi connectivity index (χ2n) is 4.64. The van der Waals surface area contributed by atoms with Crippen LogP contribution < -0.4 is 14.8 Å². The van der Waals surface area contributed by atoms with Crippen molar-refractivity contribution in [2.24, 2.45) is 0 Å². The quantitative estimate of drug-likeness (QED) is 0.878. The van der Waals surface area contributed by atoms with Crippen LogP contribution in [0.1, 0.15) is 11.1 Å². The summed E-state index contributed by atoms with van der Waals surface area (Å²) < 4.78 is 10.5. The van der Waals surface area contributed by atoms with E-state index in [1.165, 1.54) is 0 Å². The molecule has 1 N–H and O–H groups in total. The number of hydrogen-bond donors (Lipinski definition) is 1. The van der Waals surface area contributed by atoms with Gasteiger partial charge in [-0.2, -0.15) is 0 Å². The molecule has 2 aromatic carbocycles. The van der Waals surface area contributed by atoms with Gasteiger partial charge in [0.1, 0.15) is 0 Å². The predicted molar refractivity (Wildman–Crippen MR) is 79.3 cm³/mol. The Hall–Kier alpha value is -2.93. The van der Waals surface area contributed by atoms with E-state index in [0.29, 0.717) is 17.2 Å². The number of anilines is 1. The first kappa shape index (κ1) is 13.1. The number of nitrogens with one attached hydrogen (secondary N) is 1. The molecule has 0 unspecified atom stereocenters. The van der Waals surface area contributed by atoms with Crippen molar-refractivity contribution in [3.63, 3.8) is 0 Å². The van der Waals surface area contributed by atoms with Crippen molar-refractivity contribution >= 4 is 11.6 Å². The van der Waals surface area contributed by atoms with E-state index >= 15 is 0 Å². The van der Waals surface area contributed by atoms with Gasteiger partial charge in [-0.05, 0) is 35.9 Å². The van der Waals surface area contributed by atoms with Crippen molar-refractivity contribution < 1.29 is 14.3 Å². The number of fused-ring (bicyclic) bond motifs is 1. The van der Waals surface area contributed by atoms with Gasteiger partial charge in [0.15, 0.2) is 11.5 Å². The molecule has 2 aromatic rings. The molecule has 1 amide bonds. The minimum Gasteiger partial charge on any atom is -0.454 e. The Bertz CT molecular complexity index is 731. The van der Waals surface area contributed by atoms with Crippen molar-refractivity contribution in [1.29, 1.82) is 0 Å². The Balaban J connectivity index is 1.67. The molecule has 0 spiro atoms. The highest BCUT2D eigenvalue weighted by Crippen LogP contribution is 2.32. The Morgan fingerprint density at radius 1 is 1.19 bits per heavy atom. The van der Waals surface area contributed by atoms with Gasteiger partial charge in [0.05, 0.1) is 6.42 Å². The lowest BCUT2D eigenvalue weighted by atomic mass is 10.1. The summed E-state index contributed by atoms with van der Waals surface area (Å²) in [4.78, 5) is 12.0. The minimum absolute atomic E-state index is 0.108. The average Bonchev–Trinajstić information content (AvgIpc) is 2.95. The van der Waals surface area contributed by atoms with E-state index in [4.69, 9.17) is 15.9 Å². The molecule has 21 heavy (non-hydrogen) atoms. The van der Waals surface area contributed by atoms with Crippen molar-refractivity contribution in [1.82, 2.24) is 0 Å². The summed E-state index contributed by atoms with van der Waals surface area (Å²) >= 11 is 0. The summed E-state index contributed by atoms with van der Waals surface area (Å²) in [5.41, 5.74) is 2.29. The Morgan fingerprint density at radius 3 is 2.90 bits per heavy atom. The summed E-state index contributed by atoms with van der Waals surface area (Å²) in [5.74, 6) is 3.81. The zero-order valence-corrected chi connectivity index (χ0v) is 11.3. The summed E-state index contributed by atoms with van der Waals surface area (Å²) in [6.07, 6.45) is 5.60. The Kier molecular flexibility index (Phi) is 3.48. The van der Waals surface area contributed by atoms with Gasteiger partial charge in [-0.1, -0.05) is 18.1 Å². The highest BCUT2D eigenvalue weighted by atomic mass is 16.7. The summed E-state index contributed by atoms with van der Waals surface area (Å²) in [6.45, 7) is 0.226. The van der Waals surface area contributed by atoms with Gasteiger partial charge in [0.25, 0.3) is 0 Å². The third-order valence-electron chi connectivity index (χ3n) is 3.11. The smallest absolute Gasteiger partial charge is 0.231 e. The molecular weight excluding hydrogens is 266 g/mol. The van der Waals surface area contributed by atoms with Crippen molar-refractivity contribution in [2.45, 2.75) is 6.42 Å². The first-order chi connectivity index (χ1) is 10.2. The molecule has 0 bridgehead atoms. The number of carbonyl (C=O) groups excluding carboxylic acids is 1. The van der Waals surface area contributed by atoms with Crippen LogP contribution >= 0.6 is 0 Å². The van der Waals surface area contributed by atoms with Crippen LogP contribution in [-0.2, 0) is 11.2 Å². The van der Waals surface area contributed by atoms with E-state index < -0.39 is 0 Å². The van der Waals surface area contributed by atoms with Crippen LogP contribution in [0.4, 0.5) is 5.69 Å². The second-order valence-corrected chi connectivity index (χ2v) is 4.64. The van der Waals surface area contributed by atoms with Gasteiger partial charge >= 0.3 is 0 Å². The lowest BCUT2D eigenvalue weighted by Gasteiger charge is -2.06. The van der Waals surface area contributed by atoms with Gasteiger partial charge in [0.2, 0.25) is 12.7 Å². The zero-order chi connectivity index (χ0) is 14.7. The number of rotatable bonds is 3. The lowest BCUT2D eigenvalue weighted by molar-refractivity contribution is -0.115. The molecule has 104 valence electrons. The van der Waals surface area contributed by atoms with E-state index in [0.717, 1.165) is 11.1 Å². The van der Waals surface area contributed by atoms with Gasteiger partial charge < -0.3 is 14.8 Å². The lowest BCUT2D eigenvalue weighted by Crippen LogP contribution is -2.14. The molecule has 0 atom stereocenters. The Labute approximate surface area is 122 Å². The molecule has 0 radical (unpaired) electrons. The van der Waals surface area contributed by atoms with Crippen molar-refractivity contribution in [3.05, 3.63) is 53.6 Å². The van der Waals surface area contributed by atoms with Crippen LogP contribution in [0.5, 0.6) is 11.5 Å². The van der Waals surface area contributed by atoms with E-state index in [-0.39, 0.29) is 19.1 Å². The first-order valence-electron chi connectivity index (χ1n) is 6.49. The molecule has 4 nitrogen and oxygen atoms in total. The van der Waals surface area contributed by atoms with Crippen LogP contribution in [0.2, 0.25) is 0 Å². The number of amides is 1. The monoisotopic (exact) mass is 279 g/mol. The third kappa shape index (κ3) is 2.98. The topological polar surface area (TPSA) is 47.6 Å². The van der Waals surface area contributed by atoms with E-state index in [9.17, 15) is 4.79 Å². The van der Waals surface area contributed by atoms with E-state index in [2.05, 4.69) is 11.2 Å². The molecule has 1 aliphatic heterocycles. The summed E-state index contributed by atoms with van der Waals surface area (Å²) in [6, 6.07) is 12.7. The van der Waals surface area contributed by atoms with E-state index in [1.807, 2.05) is 30.3 Å². The molecule has 0 saturated heterocycles. The molecule has 1 heterocycles. The second kappa shape index (κ2) is 5.59. The Morgan fingerprint density at radius 2 is 2.05 bits per heavy atom. The molecular formula is C17H13NO3. The molecule has 0 fully saturated rings. The highest BCUT2D eigenvalue weighted by Gasteiger charge is 2.14. The molecule has 0 saturated carbocycles. The number of benzene rings is 2. The zero-order valence-electron chi connectivity index (χ0n) is 11.3. The highest BCUT2D eigenvalue weighted by molar-refractivity contribution is 5.92. The maximum absolute atomic E-state index is 12.0. The maximum atomic E-state index is 12.0. The number of ether oxygens (including phenoxy) is 2. The largest absolute Gasteiger partial charge is 0.454 e. The fourth-order valence-electron chi connectivity index (χ4n) is 2.13. The fraction of sp³-hybridized carbons (Fsp3) is 0.118. The van der Waals surface area contributed by atoms with Crippen LogP contribution in [0.25, 0.3) is 0 Å². The van der Waals surface area contributed by atoms with Crippen LogP contribution in [-0.4, -0.2) is 12.7 Å². The van der Waals surface area contributed by atoms with Crippen molar-refractivity contribution in [2.75, 3.05) is 12.1 Å². The SMILES string of the molecule is C#Cc1cccc(NC(=O)Cc2ccc3c(c2)OCO3)c1. The minimum atomic E-state index is -0.108. The number of hydrogen-bond acceptors (Lipinski definition) is 3. The summed E-state index contributed by atoms with van der Waals surface area (Å²) in [7, 11) is 0. The number of terminal acetylenes is 1. The maximum Gasteiger partial charge on any atom is 0.231 e. The van der Waals surface area contributed by atoms with Gasteiger partial charge in [-0.25, -0.2) is 0 Å². The fourth-order valence-corrected chi connectivity index (χ4v) is 2.13. The predicted octanol–water partition coefficient (Wildman–Crippen LogP) is 2.58. The normalized spacial score (nSPS) is 11.8. The van der Waals surface area contributed by atoms with Crippen molar-refractivity contribution in [3.8, 4) is 23.8 Å². The van der Waals surface area contributed by atoms with Gasteiger partial charge in [0, 0.05) is 11.3 Å². The van der Waals surface area contributed by atoms with Crippen LogP contribution in [0, 0.1) is 12.3 Å². The molecule has 4 heteroatoms. The molecule has 0 aromatic heterocycles. The third-order valence-corrected chi connectivity index (χ3v) is 3.11.